The van der Waals surface area contributed by atoms with E-state index in [4.69, 9.17) is 0 Å². The van der Waals surface area contributed by atoms with Gasteiger partial charge in [-0.3, -0.25) is 0 Å². The highest BCUT2D eigenvalue weighted by Gasteiger charge is 2.47. The Morgan fingerprint density at radius 2 is 1.38 bits per heavy atom. The number of rotatable bonds is 3. The first-order chi connectivity index (χ1) is 5.58. The average Bonchev–Trinajstić information content (AvgIpc) is 1.83. The molecule has 0 saturated heterocycles. The molecule has 0 heterocycles. The van der Waals surface area contributed by atoms with Crippen molar-refractivity contribution in [3.05, 3.63) is 0 Å². The van der Waals surface area contributed by atoms with Gasteiger partial charge in [-0.2, -0.15) is 13.2 Å². The van der Waals surface area contributed by atoms with Crippen molar-refractivity contribution in [1.29, 1.82) is 0 Å². The summed E-state index contributed by atoms with van der Waals surface area (Å²) in [6, 6.07) is 0. The first-order valence-corrected chi connectivity index (χ1v) is 4.64. The fourth-order valence-electron chi connectivity index (χ4n) is 1.16. The summed E-state index contributed by atoms with van der Waals surface area (Å²) in [5.74, 6) is 0.415. The molecule has 0 bridgehead atoms. The van der Waals surface area contributed by atoms with Crippen LogP contribution in [0.25, 0.3) is 0 Å². The molecule has 3 heteroatoms. The van der Waals surface area contributed by atoms with Gasteiger partial charge in [0.15, 0.2) is 0 Å². The molecule has 0 N–H and O–H groups in total. The van der Waals surface area contributed by atoms with Gasteiger partial charge in [-0.25, -0.2) is 0 Å². The minimum atomic E-state index is -4.09. The standard InChI is InChI=1S/C10H19F3/c1-7(2)8(3)6-9(4,5)10(11,12)13/h7-8H,6H2,1-5H3. The Balaban J connectivity index is 4.34. The summed E-state index contributed by atoms with van der Waals surface area (Å²) in [5.41, 5.74) is -1.56. The van der Waals surface area contributed by atoms with Crippen molar-refractivity contribution < 1.29 is 13.2 Å². The summed E-state index contributed by atoms with van der Waals surface area (Å²) >= 11 is 0. The van der Waals surface area contributed by atoms with Crippen LogP contribution in [0.2, 0.25) is 0 Å². The molecule has 0 aromatic carbocycles. The van der Waals surface area contributed by atoms with E-state index in [-0.39, 0.29) is 12.3 Å². The van der Waals surface area contributed by atoms with Crippen LogP contribution in [0, 0.1) is 17.3 Å². The second kappa shape index (κ2) is 3.89. The first-order valence-electron chi connectivity index (χ1n) is 4.64. The molecule has 0 spiro atoms. The molecule has 0 nitrogen and oxygen atoms in total. The fourth-order valence-corrected chi connectivity index (χ4v) is 1.16. The third-order valence-electron chi connectivity index (χ3n) is 2.74. The predicted molar refractivity (Wildman–Crippen MR) is 48.5 cm³/mol. The van der Waals surface area contributed by atoms with Gasteiger partial charge in [0.05, 0.1) is 5.41 Å². The Morgan fingerprint density at radius 3 is 1.62 bits per heavy atom. The highest BCUT2D eigenvalue weighted by molar-refractivity contribution is 4.79. The van der Waals surface area contributed by atoms with Crippen molar-refractivity contribution in [1.82, 2.24) is 0 Å². The quantitative estimate of drug-likeness (QED) is 0.632. The molecular weight excluding hydrogens is 177 g/mol. The van der Waals surface area contributed by atoms with E-state index in [1.807, 2.05) is 20.8 Å². The maximum Gasteiger partial charge on any atom is 0.393 e. The average molecular weight is 196 g/mol. The lowest BCUT2D eigenvalue weighted by atomic mass is 9.79. The van der Waals surface area contributed by atoms with E-state index >= 15 is 0 Å². The molecule has 13 heavy (non-hydrogen) atoms. The highest BCUT2D eigenvalue weighted by Crippen LogP contribution is 2.43. The zero-order valence-corrected chi connectivity index (χ0v) is 9.00. The van der Waals surface area contributed by atoms with E-state index in [2.05, 4.69) is 0 Å². The van der Waals surface area contributed by atoms with E-state index < -0.39 is 11.6 Å². The number of halogens is 3. The Labute approximate surface area is 78.5 Å². The fraction of sp³-hybridized carbons (Fsp3) is 1.00. The summed E-state index contributed by atoms with van der Waals surface area (Å²) in [5, 5.41) is 0. The topological polar surface area (TPSA) is 0 Å². The van der Waals surface area contributed by atoms with E-state index in [0.717, 1.165) is 0 Å². The van der Waals surface area contributed by atoms with Gasteiger partial charge in [-0.1, -0.05) is 34.6 Å². The minimum Gasteiger partial charge on any atom is -0.171 e. The van der Waals surface area contributed by atoms with Crippen molar-refractivity contribution in [3.8, 4) is 0 Å². The predicted octanol–water partition coefficient (Wildman–Crippen LogP) is 4.26. The minimum absolute atomic E-state index is 0.108. The van der Waals surface area contributed by atoms with E-state index in [1.54, 1.807) is 0 Å². The molecule has 80 valence electrons. The van der Waals surface area contributed by atoms with Gasteiger partial charge in [0.1, 0.15) is 0 Å². The number of hydrogen-bond donors (Lipinski definition) is 0. The van der Waals surface area contributed by atoms with Crippen LogP contribution in [0.4, 0.5) is 13.2 Å². The van der Waals surface area contributed by atoms with Crippen LogP contribution >= 0.6 is 0 Å². The maximum absolute atomic E-state index is 12.5. The molecule has 0 aliphatic carbocycles. The third-order valence-corrected chi connectivity index (χ3v) is 2.74. The van der Waals surface area contributed by atoms with E-state index in [9.17, 15) is 13.2 Å². The molecule has 0 radical (unpaired) electrons. The van der Waals surface area contributed by atoms with Gasteiger partial charge in [-0.15, -0.1) is 0 Å². The Bertz CT molecular complexity index is 156. The van der Waals surface area contributed by atoms with Crippen LogP contribution in [0.3, 0.4) is 0 Å². The zero-order valence-electron chi connectivity index (χ0n) is 9.00. The lowest BCUT2D eigenvalue weighted by molar-refractivity contribution is -0.217. The molecule has 1 atom stereocenters. The van der Waals surface area contributed by atoms with Crippen LogP contribution in [0.5, 0.6) is 0 Å². The zero-order chi connectivity index (χ0) is 10.9. The molecular formula is C10H19F3. The van der Waals surface area contributed by atoms with Crippen molar-refractivity contribution in [2.45, 2.75) is 47.2 Å². The van der Waals surface area contributed by atoms with Crippen LogP contribution in [0.1, 0.15) is 41.0 Å². The summed E-state index contributed by atoms with van der Waals surface area (Å²) in [6.45, 7) is 8.32. The summed E-state index contributed by atoms with van der Waals surface area (Å²) < 4.78 is 37.4. The van der Waals surface area contributed by atoms with Gasteiger partial charge in [0.2, 0.25) is 0 Å². The second-order valence-corrected chi connectivity index (χ2v) is 4.81. The smallest absolute Gasteiger partial charge is 0.171 e. The first kappa shape index (κ1) is 12.8. The van der Waals surface area contributed by atoms with Gasteiger partial charge in [0.25, 0.3) is 0 Å². The van der Waals surface area contributed by atoms with Gasteiger partial charge < -0.3 is 0 Å². The summed E-state index contributed by atoms with van der Waals surface area (Å²) in [6.07, 6.45) is -3.88. The third kappa shape index (κ3) is 3.57. The number of hydrogen-bond acceptors (Lipinski definition) is 0. The molecule has 1 unspecified atom stereocenters. The Kier molecular flexibility index (Phi) is 3.82. The van der Waals surface area contributed by atoms with Crippen LogP contribution in [0.15, 0.2) is 0 Å². The van der Waals surface area contributed by atoms with Gasteiger partial charge in [0, 0.05) is 0 Å². The largest absolute Gasteiger partial charge is 0.393 e. The molecule has 0 amide bonds. The molecule has 0 rings (SSSR count). The Hall–Kier alpha value is -0.210. The van der Waals surface area contributed by atoms with Crippen molar-refractivity contribution in [2.75, 3.05) is 0 Å². The summed E-state index contributed by atoms with van der Waals surface area (Å²) in [4.78, 5) is 0. The van der Waals surface area contributed by atoms with E-state index in [0.29, 0.717) is 5.92 Å². The molecule has 0 aliphatic rings. The monoisotopic (exact) mass is 196 g/mol. The van der Waals surface area contributed by atoms with Gasteiger partial charge in [-0.05, 0) is 18.3 Å². The molecule has 0 saturated carbocycles. The van der Waals surface area contributed by atoms with Crippen LogP contribution < -0.4 is 0 Å². The molecule has 0 fully saturated rings. The Morgan fingerprint density at radius 1 is 1.00 bits per heavy atom. The summed E-state index contributed by atoms with van der Waals surface area (Å²) in [7, 11) is 0. The van der Waals surface area contributed by atoms with Gasteiger partial charge >= 0.3 is 6.18 Å². The van der Waals surface area contributed by atoms with Crippen molar-refractivity contribution in [2.24, 2.45) is 17.3 Å². The molecule has 0 aromatic heterocycles. The van der Waals surface area contributed by atoms with E-state index in [1.165, 1.54) is 13.8 Å². The molecule has 0 aromatic rings. The normalized spacial score (nSPS) is 16.4. The highest BCUT2D eigenvalue weighted by atomic mass is 19.4. The van der Waals surface area contributed by atoms with Crippen molar-refractivity contribution in [3.63, 3.8) is 0 Å². The van der Waals surface area contributed by atoms with Crippen LogP contribution in [-0.2, 0) is 0 Å². The lowest BCUT2D eigenvalue weighted by Crippen LogP contribution is -2.34. The SMILES string of the molecule is CC(C)C(C)CC(C)(C)C(F)(F)F. The lowest BCUT2D eigenvalue weighted by Gasteiger charge is -2.31. The van der Waals surface area contributed by atoms with Crippen LogP contribution in [-0.4, -0.2) is 6.18 Å². The maximum atomic E-state index is 12.5. The molecule has 0 aliphatic heterocycles. The van der Waals surface area contributed by atoms with Crippen molar-refractivity contribution >= 4 is 0 Å². The number of alkyl halides is 3. The second-order valence-electron chi connectivity index (χ2n) is 4.81.